The van der Waals surface area contributed by atoms with E-state index in [1.807, 2.05) is 124 Å². The fraction of sp³-hybridized carbons (Fsp3) is 0.382. The zero-order valence-electron chi connectivity index (χ0n) is 42.2. The van der Waals surface area contributed by atoms with Crippen LogP contribution in [0.15, 0.2) is 109 Å². The van der Waals surface area contributed by atoms with Crippen LogP contribution in [0.1, 0.15) is 81.0 Å². The molecule has 16 heteroatoms. The number of hydrogen-bond acceptors (Lipinski definition) is 14. The summed E-state index contributed by atoms with van der Waals surface area (Å²) in [7, 11) is 8.15. The number of imidazole rings is 1. The van der Waals surface area contributed by atoms with Crippen molar-refractivity contribution >= 4 is 28.3 Å². The summed E-state index contributed by atoms with van der Waals surface area (Å²) in [4.78, 5) is 26.3. The van der Waals surface area contributed by atoms with Gasteiger partial charge in [0.1, 0.15) is 53.2 Å². The molecule has 0 saturated heterocycles. The molecule has 0 aliphatic heterocycles. The molecule has 376 valence electrons. The average Bonchev–Trinajstić information content (AvgIpc) is 3.81. The summed E-state index contributed by atoms with van der Waals surface area (Å²) in [5.74, 6) is 3.56. The lowest BCUT2D eigenvalue weighted by molar-refractivity contribution is 0.0278. The van der Waals surface area contributed by atoms with Gasteiger partial charge in [-0.25, -0.2) is 14.3 Å². The van der Waals surface area contributed by atoms with Crippen molar-refractivity contribution in [2.45, 2.75) is 84.5 Å². The van der Waals surface area contributed by atoms with Gasteiger partial charge in [-0.3, -0.25) is 0 Å². The highest BCUT2D eigenvalue weighted by molar-refractivity contribution is 5.91. The number of likely N-dealkylation sites (N-methyl/N-ethyl adjacent to an activating group) is 1. The number of benzene rings is 5. The Hall–Kier alpha value is -7.30. The van der Waals surface area contributed by atoms with E-state index in [2.05, 4.69) is 11.8 Å². The van der Waals surface area contributed by atoms with Crippen LogP contribution in [0.25, 0.3) is 16.4 Å². The normalized spacial score (nSPS) is 12.3. The molecular weight excluding hydrogens is 905 g/mol. The van der Waals surface area contributed by atoms with Crippen molar-refractivity contribution in [2.24, 2.45) is 0 Å². The molecule has 0 bridgehead atoms. The van der Waals surface area contributed by atoms with Gasteiger partial charge in [0.15, 0.2) is 11.5 Å². The van der Waals surface area contributed by atoms with Crippen molar-refractivity contribution in [3.05, 3.63) is 137 Å². The van der Waals surface area contributed by atoms with Crippen LogP contribution in [0, 0.1) is 0 Å². The van der Waals surface area contributed by atoms with Crippen LogP contribution in [-0.2, 0) is 29.2 Å². The predicted octanol–water partition coefficient (Wildman–Crippen LogP) is 10.0. The van der Waals surface area contributed by atoms with Gasteiger partial charge >= 0.3 is 12.1 Å². The quantitative estimate of drug-likeness (QED) is 0.0570. The third-order valence-corrected chi connectivity index (χ3v) is 11.8. The second-order valence-corrected chi connectivity index (χ2v) is 18.1. The molecule has 1 unspecified atom stereocenters. The minimum Gasteiger partial charge on any atom is -0.497 e. The zero-order chi connectivity index (χ0) is 50.5. The van der Waals surface area contributed by atoms with Gasteiger partial charge in [-0.1, -0.05) is 74.0 Å². The zero-order valence-corrected chi connectivity index (χ0v) is 42.2. The van der Waals surface area contributed by atoms with E-state index in [0.717, 1.165) is 40.3 Å². The molecule has 5 aromatic carbocycles. The molecule has 1 N–H and O–H groups in total. The number of anilines is 1. The summed E-state index contributed by atoms with van der Waals surface area (Å²) in [5, 5.41) is 19.1. The summed E-state index contributed by atoms with van der Waals surface area (Å²) in [6.07, 6.45) is 1.83. The van der Waals surface area contributed by atoms with E-state index in [4.69, 9.17) is 53.0 Å². The third-order valence-electron chi connectivity index (χ3n) is 11.8. The fourth-order valence-electron chi connectivity index (χ4n) is 8.15. The van der Waals surface area contributed by atoms with E-state index < -0.39 is 17.8 Å². The van der Waals surface area contributed by atoms with E-state index in [9.17, 15) is 9.90 Å². The predicted molar refractivity (Wildman–Crippen MR) is 272 cm³/mol. The standard InChI is InChI=1S/C55H66N6O10/c1-10-16-40(27-29-68-36-37-17-12-11-13-18-37)70-53-57-52(60(34-38-21-23-41(64-6)31-48(38)66-8)35-39-22-24-42(65-7)32-49(39)67-9)51-56-33-46(61(51)58-53)50(62)45-25-26-47(44-20-15-14-19-43(44)45)69-30-28-59(5)54(63)71-55(2,3)4/h11-15,17-26,31-33,40,50,62H,10,16,27-30,34-36H2,1-9H3/t40-,50?/m1/s1. The van der Waals surface area contributed by atoms with Gasteiger partial charge in [0.25, 0.3) is 0 Å². The molecule has 0 fully saturated rings. The Bertz CT molecular complexity index is 2790. The molecule has 16 nitrogen and oxygen atoms in total. The summed E-state index contributed by atoms with van der Waals surface area (Å²) in [6, 6.07) is 32.9. The molecule has 0 aliphatic rings. The number of aromatic nitrogens is 4. The Labute approximate surface area is 415 Å². The Morgan fingerprint density at radius 3 is 2.03 bits per heavy atom. The number of aliphatic hydroxyl groups is 1. The SMILES string of the molecule is CCC[C@H](CCOCc1ccccc1)Oc1nc(N(Cc2ccc(OC)cc2OC)Cc2ccc(OC)cc2OC)c2ncc(C(O)c3ccc(OCCN(C)C(=O)OC(C)(C)C)c4ccccc34)n2n1. The fourth-order valence-corrected chi connectivity index (χ4v) is 8.15. The van der Waals surface area contributed by atoms with Crippen LogP contribution in [0.5, 0.6) is 34.8 Å². The number of hydrogen-bond donors (Lipinski definition) is 1. The maximum Gasteiger partial charge on any atom is 0.410 e. The van der Waals surface area contributed by atoms with Crippen molar-refractivity contribution in [3.8, 4) is 34.8 Å². The van der Waals surface area contributed by atoms with E-state index in [-0.39, 0.29) is 18.7 Å². The second-order valence-electron chi connectivity index (χ2n) is 18.1. The number of nitrogens with zero attached hydrogens (tertiary/aromatic N) is 6. The molecule has 0 spiro atoms. The first-order valence-electron chi connectivity index (χ1n) is 23.8. The van der Waals surface area contributed by atoms with Crippen LogP contribution in [-0.4, -0.2) is 103 Å². The Morgan fingerprint density at radius 1 is 0.761 bits per heavy atom. The largest absolute Gasteiger partial charge is 0.497 e. The maximum absolute atomic E-state index is 12.6. The molecule has 2 aromatic heterocycles. The van der Waals surface area contributed by atoms with E-state index >= 15 is 0 Å². The van der Waals surface area contributed by atoms with Crippen LogP contribution in [0.2, 0.25) is 0 Å². The highest BCUT2D eigenvalue weighted by Crippen LogP contribution is 2.37. The first kappa shape index (κ1) is 51.5. The highest BCUT2D eigenvalue weighted by Gasteiger charge is 2.28. The number of fused-ring (bicyclic) bond motifs is 2. The topological polar surface area (TPSA) is 161 Å². The van der Waals surface area contributed by atoms with Crippen molar-refractivity contribution in [1.82, 2.24) is 24.5 Å². The van der Waals surface area contributed by atoms with Gasteiger partial charge in [0.2, 0.25) is 0 Å². The first-order valence-corrected chi connectivity index (χ1v) is 23.8. The van der Waals surface area contributed by atoms with Gasteiger partial charge in [-0.05, 0) is 74.0 Å². The monoisotopic (exact) mass is 970 g/mol. The molecule has 7 rings (SSSR count). The Kier molecular flexibility index (Phi) is 17.4. The number of carbonyl (C=O) groups excluding carboxylic acids is 1. The maximum atomic E-state index is 12.6. The van der Waals surface area contributed by atoms with Crippen LogP contribution < -0.4 is 33.3 Å². The van der Waals surface area contributed by atoms with Crippen LogP contribution in [0.4, 0.5) is 10.6 Å². The number of aliphatic hydroxyl groups excluding tert-OH is 1. The smallest absolute Gasteiger partial charge is 0.410 e. The molecule has 0 aliphatic carbocycles. The molecule has 71 heavy (non-hydrogen) atoms. The van der Waals surface area contributed by atoms with Gasteiger partial charge in [0.05, 0.1) is 60.1 Å². The molecule has 0 radical (unpaired) electrons. The second kappa shape index (κ2) is 24.0. The molecule has 0 saturated carbocycles. The minimum atomic E-state index is -1.22. The van der Waals surface area contributed by atoms with Gasteiger partial charge in [-0.15, -0.1) is 5.10 Å². The van der Waals surface area contributed by atoms with Crippen molar-refractivity contribution in [2.75, 3.05) is 60.1 Å². The first-order chi connectivity index (χ1) is 34.3. The highest BCUT2D eigenvalue weighted by atomic mass is 16.6. The van der Waals surface area contributed by atoms with Crippen molar-refractivity contribution < 1.29 is 47.8 Å². The average molecular weight is 971 g/mol. The van der Waals surface area contributed by atoms with Gasteiger partial charge in [-0.2, -0.15) is 4.98 Å². The summed E-state index contributed by atoms with van der Waals surface area (Å²) in [6.45, 7) is 9.64. The number of amides is 1. The lowest BCUT2D eigenvalue weighted by Gasteiger charge is -2.27. The van der Waals surface area contributed by atoms with Crippen LogP contribution in [0.3, 0.4) is 0 Å². The van der Waals surface area contributed by atoms with Gasteiger partial charge < -0.3 is 52.8 Å². The number of ether oxygens (including phenoxy) is 8. The van der Waals surface area contributed by atoms with Crippen molar-refractivity contribution in [3.63, 3.8) is 0 Å². The number of rotatable bonds is 24. The molecule has 2 atom stereocenters. The molecule has 7 aromatic rings. The van der Waals surface area contributed by atoms with Crippen LogP contribution >= 0.6 is 0 Å². The third kappa shape index (κ3) is 13.1. The number of methoxy groups -OCH3 is 4. The van der Waals surface area contributed by atoms with E-state index in [1.165, 1.54) is 4.90 Å². The summed E-state index contributed by atoms with van der Waals surface area (Å²) >= 11 is 0. The lowest BCUT2D eigenvalue weighted by Crippen LogP contribution is -2.36. The molecular formula is C55H66N6O10. The minimum absolute atomic E-state index is 0.0961. The van der Waals surface area contributed by atoms with Gasteiger partial charge in [0, 0.05) is 55.2 Å². The Morgan fingerprint density at radius 2 is 1.41 bits per heavy atom. The van der Waals surface area contributed by atoms with E-state index in [1.54, 1.807) is 46.2 Å². The summed E-state index contributed by atoms with van der Waals surface area (Å²) in [5.41, 5.74) is 3.52. The number of carbonyl (C=O) groups is 1. The molecule has 2 heterocycles. The van der Waals surface area contributed by atoms with E-state index in [0.29, 0.717) is 90.7 Å². The molecule has 1 amide bonds. The summed E-state index contributed by atoms with van der Waals surface area (Å²) < 4.78 is 49.2. The lowest BCUT2D eigenvalue weighted by atomic mass is 9.98. The van der Waals surface area contributed by atoms with Crippen molar-refractivity contribution in [1.29, 1.82) is 0 Å². The Balaban J connectivity index is 1.29.